The quantitative estimate of drug-likeness (QED) is 0.432. The first-order chi connectivity index (χ1) is 12.7. The molecule has 0 radical (unpaired) electrons. The summed E-state index contributed by atoms with van der Waals surface area (Å²) in [5, 5.41) is 12.7. The number of carbonyl (C=O) groups excluding carboxylic acids is 2. The van der Waals surface area contributed by atoms with Crippen LogP contribution in [0.15, 0.2) is 76.2 Å². The van der Waals surface area contributed by atoms with Gasteiger partial charge in [-0.05, 0) is 23.6 Å². The summed E-state index contributed by atoms with van der Waals surface area (Å²) in [5.74, 6) is -1.10. The Morgan fingerprint density at radius 1 is 1.08 bits per heavy atom. The van der Waals surface area contributed by atoms with E-state index in [4.69, 9.17) is 4.42 Å². The third-order valence-corrected chi connectivity index (χ3v) is 5.17. The average Bonchev–Trinajstić information content (AvgIpc) is 3.41. The van der Waals surface area contributed by atoms with Crippen LogP contribution in [0.4, 0.5) is 0 Å². The second-order valence-corrected chi connectivity index (χ2v) is 6.92. The van der Waals surface area contributed by atoms with Gasteiger partial charge in [0.1, 0.15) is 17.6 Å². The lowest BCUT2D eigenvalue weighted by Gasteiger charge is -2.22. The van der Waals surface area contributed by atoms with Crippen LogP contribution in [0.25, 0.3) is 5.76 Å². The second kappa shape index (κ2) is 6.65. The van der Waals surface area contributed by atoms with Crippen molar-refractivity contribution >= 4 is 28.8 Å². The molecule has 26 heavy (non-hydrogen) atoms. The van der Waals surface area contributed by atoms with Crippen LogP contribution in [0.3, 0.4) is 0 Å². The number of aliphatic hydroxyl groups is 1. The van der Waals surface area contributed by atoms with E-state index in [-0.39, 0.29) is 17.9 Å². The second-order valence-electron chi connectivity index (χ2n) is 5.89. The molecule has 4 rings (SSSR count). The third-order valence-electron chi connectivity index (χ3n) is 4.31. The monoisotopic (exact) mass is 365 g/mol. The predicted octanol–water partition coefficient (Wildman–Crippen LogP) is 3.96. The van der Waals surface area contributed by atoms with Crippen molar-refractivity contribution in [3.05, 3.63) is 88.0 Å². The fourth-order valence-corrected chi connectivity index (χ4v) is 3.81. The van der Waals surface area contributed by atoms with E-state index in [0.29, 0.717) is 11.3 Å². The van der Waals surface area contributed by atoms with Crippen LogP contribution in [0.2, 0.25) is 0 Å². The summed E-state index contributed by atoms with van der Waals surface area (Å²) in [6, 6.07) is 15.2. The minimum Gasteiger partial charge on any atom is -0.507 e. The first kappa shape index (κ1) is 16.4. The first-order valence-electron chi connectivity index (χ1n) is 8.06. The summed E-state index contributed by atoms with van der Waals surface area (Å²) in [4.78, 5) is 27.8. The number of likely N-dealkylation sites (tertiary alicyclic amines) is 1. The zero-order chi connectivity index (χ0) is 18.1. The number of benzene rings is 1. The van der Waals surface area contributed by atoms with Gasteiger partial charge in [0.25, 0.3) is 11.7 Å². The van der Waals surface area contributed by atoms with Gasteiger partial charge in [0.05, 0.1) is 18.4 Å². The predicted molar refractivity (Wildman–Crippen MR) is 97.3 cm³/mol. The van der Waals surface area contributed by atoms with Crippen LogP contribution in [-0.2, 0) is 16.1 Å². The summed E-state index contributed by atoms with van der Waals surface area (Å²) >= 11 is 1.50. The van der Waals surface area contributed by atoms with Crippen molar-refractivity contribution in [3.8, 4) is 0 Å². The molecule has 1 aliphatic rings. The van der Waals surface area contributed by atoms with Crippen LogP contribution in [0.1, 0.15) is 22.2 Å². The number of aliphatic hydroxyl groups excluding tert-OH is 1. The van der Waals surface area contributed by atoms with Crippen molar-refractivity contribution in [2.75, 3.05) is 0 Å². The maximum absolute atomic E-state index is 12.7. The van der Waals surface area contributed by atoms with E-state index >= 15 is 0 Å². The van der Waals surface area contributed by atoms with E-state index in [1.54, 1.807) is 36.4 Å². The molecule has 1 aliphatic heterocycles. The Kier molecular flexibility index (Phi) is 4.18. The van der Waals surface area contributed by atoms with Crippen LogP contribution in [0.5, 0.6) is 0 Å². The summed E-state index contributed by atoms with van der Waals surface area (Å²) in [5.41, 5.74) is 0.533. The smallest absolute Gasteiger partial charge is 0.296 e. The molecule has 1 N–H and O–H groups in total. The van der Waals surface area contributed by atoms with Crippen LogP contribution in [-0.4, -0.2) is 21.7 Å². The molecule has 6 heteroatoms. The summed E-state index contributed by atoms with van der Waals surface area (Å²) in [6.45, 7) is 0.277. The SMILES string of the molecule is O=C1C(=O)N(Cc2cccs2)C(c2ccco2)/C1=C(\O)c1ccccc1. The molecule has 2 aromatic heterocycles. The Morgan fingerprint density at radius 2 is 1.88 bits per heavy atom. The molecule has 1 fully saturated rings. The lowest BCUT2D eigenvalue weighted by Crippen LogP contribution is -2.28. The van der Waals surface area contributed by atoms with Gasteiger partial charge in [0, 0.05) is 10.4 Å². The Balaban J connectivity index is 1.84. The van der Waals surface area contributed by atoms with Gasteiger partial charge in [-0.15, -0.1) is 11.3 Å². The lowest BCUT2D eigenvalue weighted by atomic mass is 9.99. The molecule has 0 spiro atoms. The summed E-state index contributed by atoms with van der Waals surface area (Å²) in [6.07, 6.45) is 1.49. The van der Waals surface area contributed by atoms with E-state index in [1.807, 2.05) is 23.6 Å². The van der Waals surface area contributed by atoms with Crippen molar-refractivity contribution in [3.63, 3.8) is 0 Å². The molecule has 3 heterocycles. The number of rotatable bonds is 4. The highest BCUT2D eigenvalue weighted by Gasteiger charge is 2.47. The van der Waals surface area contributed by atoms with Crippen LogP contribution < -0.4 is 0 Å². The van der Waals surface area contributed by atoms with Gasteiger partial charge >= 0.3 is 0 Å². The summed E-state index contributed by atoms with van der Waals surface area (Å²) in [7, 11) is 0. The maximum Gasteiger partial charge on any atom is 0.296 e. The molecule has 1 saturated heterocycles. The normalized spacial score (nSPS) is 19.2. The lowest BCUT2D eigenvalue weighted by molar-refractivity contribution is -0.140. The molecule has 3 aromatic rings. The average molecular weight is 365 g/mol. The number of hydrogen-bond acceptors (Lipinski definition) is 5. The molecular weight excluding hydrogens is 350 g/mol. The van der Waals surface area contributed by atoms with Gasteiger partial charge in [-0.25, -0.2) is 0 Å². The van der Waals surface area contributed by atoms with E-state index in [9.17, 15) is 14.7 Å². The number of ketones is 1. The van der Waals surface area contributed by atoms with E-state index < -0.39 is 17.7 Å². The van der Waals surface area contributed by atoms with Gasteiger partial charge < -0.3 is 14.4 Å². The van der Waals surface area contributed by atoms with Gasteiger partial charge in [0.15, 0.2) is 0 Å². The third kappa shape index (κ3) is 2.74. The Hall–Kier alpha value is -3.12. The largest absolute Gasteiger partial charge is 0.507 e. The number of Topliss-reactive ketones (excluding diaryl/α,β-unsaturated/α-hetero) is 1. The number of nitrogens with zero attached hydrogens (tertiary/aromatic N) is 1. The fraction of sp³-hybridized carbons (Fsp3) is 0.100. The highest BCUT2D eigenvalue weighted by molar-refractivity contribution is 7.09. The fourth-order valence-electron chi connectivity index (χ4n) is 3.11. The van der Waals surface area contributed by atoms with Crippen LogP contribution in [0, 0.1) is 0 Å². The standard InChI is InChI=1S/C20H15NO4S/c22-18(13-6-2-1-3-7-13)16-17(15-9-4-10-25-15)21(20(24)19(16)23)12-14-8-5-11-26-14/h1-11,17,22H,12H2/b18-16+. The van der Waals surface area contributed by atoms with E-state index in [0.717, 1.165) is 4.88 Å². The number of hydrogen-bond donors (Lipinski definition) is 1. The molecule has 0 saturated carbocycles. The van der Waals surface area contributed by atoms with Crippen molar-refractivity contribution in [1.82, 2.24) is 4.90 Å². The van der Waals surface area contributed by atoms with Gasteiger partial charge in [-0.2, -0.15) is 0 Å². The number of amides is 1. The number of furan rings is 1. The van der Waals surface area contributed by atoms with Crippen molar-refractivity contribution in [2.24, 2.45) is 0 Å². The van der Waals surface area contributed by atoms with E-state index in [1.165, 1.54) is 22.5 Å². The molecule has 1 aromatic carbocycles. The molecule has 0 aliphatic carbocycles. The van der Waals surface area contributed by atoms with Crippen molar-refractivity contribution in [2.45, 2.75) is 12.6 Å². The Morgan fingerprint density at radius 3 is 2.54 bits per heavy atom. The van der Waals surface area contributed by atoms with Gasteiger partial charge in [0.2, 0.25) is 0 Å². The molecule has 5 nitrogen and oxygen atoms in total. The molecular formula is C20H15NO4S. The van der Waals surface area contributed by atoms with E-state index in [2.05, 4.69) is 0 Å². The number of thiophene rings is 1. The minimum absolute atomic E-state index is 0.0488. The molecule has 0 bridgehead atoms. The van der Waals surface area contributed by atoms with Gasteiger partial charge in [-0.3, -0.25) is 9.59 Å². The number of carbonyl (C=O) groups is 2. The zero-order valence-electron chi connectivity index (χ0n) is 13.7. The summed E-state index contributed by atoms with van der Waals surface area (Å²) < 4.78 is 5.49. The topological polar surface area (TPSA) is 70.8 Å². The maximum atomic E-state index is 12.7. The zero-order valence-corrected chi connectivity index (χ0v) is 14.5. The Labute approximate surface area is 153 Å². The molecule has 1 atom stereocenters. The van der Waals surface area contributed by atoms with Gasteiger partial charge in [-0.1, -0.05) is 36.4 Å². The first-order valence-corrected chi connectivity index (χ1v) is 8.94. The van der Waals surface area contributed by atoms with Crippen molar-refractivity contribution < 1.29 is 19.1 Å². The minimum atomic E-state index is -0.757. The highest BCUT2D eigenvalue weighted by atomic mass is 32.1. The molecule has 130 valence electrons. The molecule has 1 amide bonds. The van der Waals surface area contributed by atoms with Crippen molar-refractivity contribution in [1.29, 1.82) is 0 Å². The molecule has 1 unspecified atom stereocenters. The Bertz CT molecular complexity index is 959. The van der Waals surface area contributed by atoms with Crippen LogP contribution >= 0.6 is 11.3 Å². The highest BCUT2D eigenvalue weighted by Crippen LogP contribution is 2.40.